The SMILES string of the molecule is C=CCN(C(=O)CCN1CC1)C1CCCCC1. The van der Waals surface area contributed by atoms with Crippen LogP contribution < -0.4 is 0 Å². The number of rotatable bonds is 6. The quantitative estimate of drug-likeness (QED) is 0.520. The van der Waals surface area contributed by atoms with E-state index in [9.17, 15) is 4.79 Å². The second-order valence-electron chi connectivity index (χ2n) is 5.22. The van der Waals surface area contributed by atoms with Crippen molar-refractivity contribution >= 4 is 5.91 Å². The van der Waals surface area contributed by atoms with E-state index < -0.39 is 0 Å². The van der Waals surface area contributed by atoms with E-state index >= 15 is 0 Å². The molecule has 2 aliphatic rings. The van der Waals surface area contributed by atoms with E-state index in [0.717, 1.165) is 13.1 Å². The van der Waals surface area contributed by atoms with Gasteiger partial charge in [0.05, 0.1) is 0 Å². The smallest absolute Gasteiger partial charge is 0.224 e. The van der Waals surface area contributed by atoms with Crippen molar-refractivity contribution in [2.24, 2.45) is 0 Å². The van der Waals surface area contributed by atoms with Crippen LogP contribution in [0.5, 0.6) is 0 Å². The largest absolute Gasteiger partial charge is 0.336 e. The first-order valence-electron chi connectivity index (χ1n) is 6.94. The summed E-state index contributed by atoms with van der Waals surface area (Å²) in [4.78, 5) is 16.6. The number of hydrogen-bond donors (Lipinski definition) is 0. The monoisotopic (exact) mass is 236 g/mol. The minimum absolute atomic E-state index is 0.323. The third-order valence-electron chi connectivity index (χ3n) is 3.84. The van der Waals surface area contributed by atoms with Crippen molar-refractivity contribution in [2.45, 2.75) is 44.6 Å². The van der Waals surface area contributed by atoms with Gasteiger partial charge in [-0.1, -0.05) is 25.3 Å². The number of amides is 1. The molecule has 1 aliphatic carbocycles. The predicted octanol–water partition coefficient (Wildman–Crippen LogP) is 2.04. The van der Waals surface area contributed by atoms with Gasteiger partial charge in [-0.15, -0.1) is 6.58 Å². The zero-order chi connectivity index (χ0) is 12.1. The molecule has 2 rings (SSSR count). The Hall–Kier alpha value is -0.830. The molecule has 17 heavy (non-hydrogen) atoms. The summed E-state index contributed by atoms with van der Waals surface area (Å²) in [5.41, 5.74) is 0. The summed E-state index contributed by atoms with van der Waals surface area (Å²) in [7, 11) is 0. The van der Waals surface area contributed by atoms with E-state index in [0.29, 0.717) is 18.4 Å². The summed E-state index contributed by atoms with van der Waals surface area (Å²) in [6, 6.07) is 0.475. The van der Waals surface area contributed by atoms with E-state index in [2.05, 4.69) is 16.4 Å². The highest BCUT2D eigenvalue weighted by Gasteiger charge is 2.25. The highest BCUT2D eigenvalue weighted by atomic mass is 16.2. The van der Waals surface area contributed by atoms with E-state index in [1.165, 1.54) is 45.2 Å². The molecule has 3 nitrogen and oxygen atoms in total. The number of carbonyl (C=O) groups excluding carboxylic acids is 1. The van der Waals surface area contributed by atoms with Crippen LogP contribution in [0.1, 0.15) is 38.5 Å². The van der Waals surface area contributed by atoms with Gasteiger partial charge in [0.1, 0.15) is 0 Å². The lowest BCUT2D eigenvalue weighted by atomic mass is 9.94. The predicted molar refractivity (Wildman–Crippen MR) is 69.8 cm³/mol. The van der Waals surface area contributed by atoms with E-state index in [1.54, 1.807) is 0 Å². The van der Waals surface area contributed by atoms with Crippen molar-refractivity contribution in [1.82, 2.24) is 9.80 Å². The minimum atomic E-state index is 0.323. The highest BCUT2D eigenvalue weighted by Crippen LogP contribution is 2.23. The minimum Gasteiger partial charge on any atom is -0.336 e. The van der Waals surface area contributed by atoms with Crippen LogP contribution in [0, 0.1) is 0 Å². The lowest BCUT2D eigenvalue weighted by molar-refractivity contribution is -0.133. The molecule has 1 aliphatic heterocycles. The Kier molecular flexibility index (Phi) is 4.60. The Balaban J connectivity index is 1.84. The van der Waals surface area contributed by atoms with Crippen LogP contribution in [-0.2, 0) is 4.79 Å². The average molecular weight is 236 g/mol. The first-order valence-corrected chi connectivity index (χ1v) is 6.94. The van der Waals surface area contributed by atoms with Gasteiger partial charge in [-0.2, -0.15) is 0 Å². The Morgan fingerprint density at radius 1 is 1.29 bits per heavy atom. The normalized spacial score (nSPS) is 21.2. The van der Waals surface area contributed by atoms with Gasteiger partial charge in [-0.05, 0) is 12.8 Å². The van der Waals surface area contributed by atoms with Crippen LogP contribution in [0.2, 0.25) is 0 Å². The first-order chi connectivity index (χ1) is 8.31. The van der Waals surface area contributed by atoms with Gasteiger partial charge < -0.3 is 9.80 Å². The summed E-state index contributed by atoms with van der Waals surface area (Å²) in [5, 5.41) is 0. The van der Waals surface area contributed by atoms with Crippen LogP contribution in [0.25, 0.3) is 0 Å². The Labute approximate surface area is 104 Å². The maximum absolute atomic E-state index is 12.2. The molecule has 0 spiro atoms. The fourth-order valence-electron chi connectivity index (χ4n) is 2.68. The molecule has 2 fully saturated rings. The number of hydrogen-bond acceptors (Lipinski definition) is 2. The van der Waals surface area contributed by atoms with Gasteiger partial charge >= 0.3 is 0 Å². The van der Waals surface area contributed by atoms with Crippen molar-refractivity contribution in [2.75, 3.05) is 26.2 Å². The van der Waals surface area contributed by atoms with Crippen molar-refractivity contribution in [1.29, 1.82) is 0 Å². The lowest BCUT2D eigenvalue weighted by Crippen LogP contribution is -2.42. The molecular formula is C14H24N2O. The summed E-state index contributed by atoms with van der Waals surface area (Å²) in [6.45, 7) is 7.81. The standard InChI is InChI=1S/C14H24N2O/c1-2-9-16(13-6-4-3-5-7-13)14(17)8-10-15-11-12-15/h2,13H,1,3-12H2. The third kappa shape index (κ3) is 3.84. The maximum atomic E-state index is 12.2. The number of nitrogens with zero attached hydrogens (tertiary/aromatic N) is 2. The van der Waals surface area contributed by atoms with Crippen LogP contribution in [0.3, 0.4) is 0 Å². The molecule has 96 valence electrons. The van der Waals surface area contributed by atoms with E-state index in [-0.39, 0.29) is 0 Å². The summed E-state index contributed by atoms with van der Waals surface area (Å²) < 4.78 is 0. The van der Waals surface area contributed by atoms with Gasteiger partial charge in [0.15, 0.2) is 0 Å². The van der Waals surface area contributed by atoms with Crippen LogP contribution in [0.15, 0.2) is 12.7 Å². The van der Waals surface area contributed by atoms with Crippen LogP contribution >= 0.6 is 0 Å². The fraction of sp³-hybridized carbons (Fsp3) is 0.786. The highest BCUT2D eigenvalue weighted by molar-refractivity contribution is 5.77. The average Bonchev–Trinajstić information content (AvgIpc) is 3.18. The molecule has 1 saturated heterocycles. The molecule has 0 aromatic carbocycles. The zero-order valence-corrected chi connectivity index (χ0v) is 10.7. The molecule has 0 radical (unpaired) electrons. The van der Waals surface area contributed by atoms with Crippen molar-refractivity contribution < 1.29 is 4.79 Å². The molecule has 1 saturated carbocycles. The molecule has 0 N–H and O–H groups in total. The summed E-state index contributed by atoms with van der Waals surface area (Å²) >= 11 is 0. The molecule has 3 heteroatoms. The fourth-order valence-corrected chi connectivity index (χ4v) is 2.68. The second-order valence-corrected chi connectivity index (χ2v) is 5.22. The molecule has 0 atom stereocenters. The van der Waals surface area contributed by atoms with Crippen molar-refractivity contribution in [3.05, 3.63) is 12.7 Å². The van der Waals surface area contributed by atoms with Gasteiger partial charge in [-0.3, -0.25) is 4.79 Å². The first kappa shape index (κ1) is 12.6. The summed E-state index contributed by atoms with van der Waals surface area (Å²) in [5.74, 6) is 0.323. The van der Waals surface area contributed by atoms with Gasteiger partial charge in [0, 0.05) is 38.6 Å². The van der Waals surface area contributed by atoms with Gasteiger partial charge in [-0.25, -0.2) is 0 Å². The Morgan fingerprint density at radius 3 is 2.59 bits per heavy atom. The maximum Gasteiger partial charge on any atom is 0.224 e. The molecule has 0 aromatic heterocycles. The van der Waals surface area contributed by atoms with Crippen molar-refractivity contribution in [3.8, 4) is 0 Å². The topological polar surface area (TPSA) is 23.3 Å². The number of carbonyl (C=O) groups is 1. The van der Waals surface area contributed by atoms with E-state index in [4.69, 9.17) is 0 Å². The Morgan fingerprint density at radius 2 is 2.00 bits per heavy atom. The molecule has 1 amide bonds. The molecule has 0 bridgehead atoms. The Bertz CT molecular complexity index is 267. The van der Waals surface area contributed by atoms with Gasteiger partial charge in [0.25, 0.3) is 0 Å². The molecule has 1 heterocycles. The zero-order valence-electron chi connectivity index (χ0n) is 10.7. The lowest BCUT2D eigenvalue weighted by Gasteiger charge is -2.33. The second kappa shape index (κ2) is 6.20. The molecular weight excluding hydrogens is 212 g/mol. The van der Waals surface area contributed by atoms with Crippen LogP contribution in [0.4, 0.5) is 0 Å². The van der Waals surface area contributed by atoms with Crippen molar-refractivity contribution in [3.63, 3.8) is 0 Å². The summed E-state index contributed by atoms with van der Waals surface area (Å²) in [6.07, 6.45) is 8.80. The molecule has 0 unspecified atom stereocenters. The third-order valence-corrected chi connectivity index (χ3v) is 3.84. The van der Waals surface area contributed by atoms with E-state index in [1.807, 2.05) is 6.08 Å². The van der Waals surface area contributed by atoms with Gasteiger partial charge in [0.2, 0.25) is 5.91 Å². The van der Waals surface area contributed by atoms with Crippen LogP contribution in [-0.4, -0.2) is 47.9 Å². The molecule has 0 aromatic rings.